The number of benzene rings is 2. The molecule has 7 heteroatoms. The number of carboxylic acids is 1. The Labute approximate surface area is 167 Å². The molecule has 0 aliphatic carbocycles. The first-order valence-electron chi connectivity index (χ1n) is 9.39. The summed E-state index contributed by atoms with van der Waals surface area (Å²) in [4.78, 5) is 52.1. The first-order valence-corrected chi connectivity index (χ1v) is 9.39. The molecule has 0 aromatic heterocycles. The zero-order chi connectivity index (χ0) is 20.7. The van der Waals surface area contributed by atoms with Crippen molar-refractivity contribution in [3.05, 3.63) is 70.8 Å². The summed E-state index contributed by atoms with van der Waals surface area (Å²) in [7, 11) is 0. The topological polar surface area (TPSA) is 95.0 Å². The monoisotopic (exact) mass is 392 g/mol. The van der Waals surface area contributed by atoms with E-state index in [0.717, 1.165) is 16.0 Å². The van der Waals surface area contributed by atoms with E-state index in [0.29, 0.717) is 11.1 Å². The molecule has 2 unspecified atom stereocenters. The van der Waals surface area contributed by atoms with Crippen LogP contribution in [0, 0.1) is 12.8 Å². The van der Waals surface area contributed by atoms with Crippen LogP contribution >= 0.6 is 0 Å². The molecule has 0 bridgehead atoms. The van der Waals surface area contributed by atoms with Crippen LogP contribution < -0.4 is 0 Å². The van der Waals surface area contributed by atoms with Crippen LogP contribution in [0.1, 0.15) is 37.8 Å². The number of carboxylic acid groups (broad SMARTS) is 1. The number of hydrogen-bond acceptors (Lipinski definition) is 4. The number of carbonyl (C=O) groups excluding carboxylic acids is 3. The molecule has 1 fully saturated rings. The molecule has 1 N–H and O–H groups in total. The molecule has 0 radical (unpaired) electrons. The van der Waals surface area contributed by atoms with E-state index in [-0.39, 0.29) is 25.6 Å². The summed E-state index contributed by atoms with van der Waals surface area (Å²) in [6.07, 6.45) is 0. The van der Waals surface area contributed by atoms with E-state index in [4.69, 9.17) is 0 Å². The number of aryl methyl sites for hydroxylation is 1. The zero-order valence-corrected chi connectivity index (χ0v) is 15.9. The van der Waals surface area contributed by atoms with Crippen LogP contribution in [0.15, 0.2) is 48.5 Å². The maximum atomic E-state index is 12.8. The van der Waals surface area contributed by atoms with Crippen molar-refractivity contribution in [2.75, 3.05) is 19.6 Å². The standard InChI is InChI=1S/C22H20N2O5/c1-13-7-8-15-16(9-13)21(27)24(20(15)26)12-19(25)23-10-17(18(11-23)22(28)29)14-5-3-2-4-6-14/h2-9,17-18H,10-12H2,1H3,(H,28,29). The highest BCUT2D eigenvalue weighted by molar-refractivity contribution is 6.22. The molecule has 148 valence electrons. The van der Waals surface area contributed by atoms with Crippen LogP contribution in [-0.2, 0) is 9.59 Å². The van der Waals surface area contributed by atoms with Crippen LogP contribution in [-0.4, -0.2) is 58.2 Å². The average Bonchev–Trinajstić information content (AvgIpc) is 3.25. The predicted octanol–water partition coefficient (Wildman–Crippen LogP) is 1.92. The molecule has 2 aliphatic heterocycles. The van der Waals surface area contributed by atoms with Crippen molar-refractivity contribution in [2.24, 2.45) is 5.92 Å². The van der Waals surface area contributed by atoms with Gasteiger partial charge in [0, 0.05) is 19.0 Å². The van der Waals surface area contributed by atoms with Crippen molar-refractivity contribution >= 4 is 23.7 Å². The van der Waals surface area contributed by atoms with Gasteiger partial charge in [-0.05, 0) is 24.6 Å². The van der Waals surface area contributed by atoms with Gasteiger partial charge < -0.3 is 10.0 Å². The van der Waals surface area contributed by atoms with Gasteiger partial charge >= 0.3 is 5.97 Å². The minimum Gasteiger partial charge on any atom is -0.481 e. The Balaban J connectivity index is 1.51. The van der Waals surface area contributed by atoms with Crippen molar-refractivity contribution in [1.29, 1.82) is 0 Å². The summed E-state index contributed by atoms with van der Waals surface area (Å²) in [5, 5.41) is 9.60. The highest BCUT2D eigenvalue weighted by Gasteiger charge is 2.42. The Morgan fingerprint density at radius 1 is 1.00 bits per heavy atom. The highest BCUT2D eigenvalue weighted by Crippen LogP contribution is 2.33. The smallest absolute Gasteiger partial charge is 0.308 e. The number of carbonyl (C=O) groups is 4. The van der Waals surface area contributed by atoms with E-state index >= 15 is 0 Å². The van der Waals surface area contributed by atoms with Crippen molar-refractivity contribution in [3.63, 3.8) is 0 Å². The normalized spacial score (nSPS) is 20.9. The Morgan fingerprint density at radius 2 is 1.69 bits per heavy atom. The molecular weight excluding hydrogens is 372 g/mol. The third-order valence-electron chi connectivity index (χ3n) is 5.64. The molecule has 2 aliphatic rings. The fourth-order valence-corrected chi connectivity index (χ4v) is 4.08. The van der Waals surface area contributed by atoms with E-state index in [2.05, 4.69) is 0 Å². The highest BCUT2D eigenvalue weighted by atomic mass is 16.4. The minimum absolute atomic E-state index is 0.0516. The second-order valence-electron chi connectivity index (χ2n) is 7.51. The van der Waals surface area contributed by atoms with E-state index in [1.54, 1.807) is 18.2 Å². The van der Waals surface area contributed by atoms with Gasteiger partial charge in [0.1, 0.15) is 6.54 Å². The van der Waals surface area contributed by atoms with Gasteiger partial charge in [-0.15, -0.1) is 0 Å². The summed E-state index contributed by atoms with van der Waals surface area (Å²) < 4.78 is 0. The van der Waals surface area contributed by atoms with E-state index in [1.807, 2.05) is 37.3 Å². The molecule has 3 amide bonds. The van der Waals surface area contributed by atoms with Crippen LogP contribution in [0.2, 0.25) is 0 Å². The lowest BCUT2D eigenvalue weighted by molar-refractivity contribution is -0.141. The maximum Gasteiger partial charge on any atom is 0.308 e. The predicted molar refractivity (Wildman–Crippen MR) is 103 cm³/mol. The summed E-state index contributed by atoms with van der Waals surface area (Å²) in [6, 6.07) is 14.2. The van der Waals surface area contributed by atoms with Crippen molar-refractivity contribution in [3.8, 4) is 0 Å². The summed E-state index contributed by atoms with van der Waals surface area (Å²) in [5.41, 5.74) is 2.30. The molecule has 4 rings (SSSR count). The maximum absolute atomic E-state index is 12.8. The number of rotatable bonds is 4. The van der Waals surface area contributed by atoms with Crippen molar-refractivity contribution in [1.82, 2.24) is 9.80 Å². The SMILES string of the molecule is Cc1ccc2c(c1)C(=O)N(CC(=O)N1CC(C(=O)O)C(c3ccccc3)C1)C2=O. The first-order chi connectivity index (χ1) is 13.9. The number of imide groups is 1. The van der Waals surface area contributed by atoms with Crippen molar-refractivity contribution < 1.29 is 24.3 Å². The van der Waals surface area contributed by atoms with Crippen molar-refractivity contribution in [2.45, 2.75) is 12.8 Å². The molecular formula is C22H20N2O5. The molecule has 2 aromatic rings. The van der Waals surface area contributed by atoms with Gasteiger partial charge in [-0.1, -0.05) is 42.0 Å². The van der Waals surface area contributed by atoms with E-state index in [1.165, 1.54) is 4.90 Å². The Morgan fingerprint density at radius 3 is 2.38 bits per heavy atom. The third kappa shape index (κ3) is 3.29. The third-order valence-corrected chi connectivity index (χ3v) is 5.64. The molecule has 29 heavy (non-hydrogen) atoms. The first kappa shape index (κ1) is 18.9. The molecule has 1 saturated heterocycles. The Bertz CT molecular complexity index is 1020. The van der Waals surface area contributed by atoms with Crippen LogP contribution in [0.5, 0.6) is 0 Å². The van der Waals surface area contributed by atoms with Crippen LogP contribution in [0.25, 0.3) is 0 Å². The number of nitrogens with zero attached hydrogens (tertiary/aromatic N) is 2. The van der Waals surface area contributed by atoms with Gasteiger partial charge in [-0.2, -0.15) is 0 Å². The summed E-state index contributed by atoms with van der Waals surface area (Å²) in [5.74, 6) is -3.44. The Hall–Kier alpha value is -3.48. The van der Waals surface area contributed by atoms with Gasteiger partial charge in [0.2, 0.25) is 5.91 Å². The lowest BCUT2D eigenvalue weighted by atomic mass is 9.89. The number of fused-ring (bicyclic) bond motifs is 1. The lowest BCUT2D eigenvalue weighted by Gasteiger charge is -2.20. The van der Waals surface area contributed by atoms with Gasteiger partial charge in [-0.3, -0.25) is 24.1 Å². The number of likely N-dealkylation sites (tertiary alicyclic amines) is 1. The van der Waals surface area contributed by atoms with Gasteiger partial charge in [0.15, 0.2) is 0 Å². The largest absolute Gasteiger partial charge is 0.481 e. The van der Waals surface area contributed by atoms with Gasteiger partial charge in [0.05, 0.1) is 17.0 Å². The molecule has 0 spiro atoms. The number of amides is 3. The van der Waals surface area contributed by atoms with E-state index < -0.39 is 29.6 Å². The molecule has 2 heterocycles. The zero-order valence-electron chi connectivity index (χ0n) is 15.9. The Kier molecular flexibility index (Phi) is 4.66. The second kappa shape index (κ2) is 7.16. The number of hydrogen-bond donors (Lipinski definition) is 1. The van der Waals surface area contributed by atoms with Gasteiger partial charge in [0.25, 0.3) is 11.8 Å². The quantitative estimate of drug-likeness (QED) is 0.802. The average molecular weight is 392 g/mol. The molecule has 0 saturated carbocycles. The van der Waals surface area contributed by atoms with Crippen LogP contribution in [0.3, 0.4) is 0 Å². The van der Waals surface area contributed by atoms with Crippen LogP contribution in [0.4, 0.5) is 0 Å². The fourth-order valence-electron chi connectivity index (χ4n) is 4.08. The fraction of sp³-hybridized carbons (Fsp3) is 0.273. The molecule has 2 aromatic carbocycles. The molecule has 7 nitrogen and oxygen atoms in total. The van der Waals surface area contributed by atoms with E-state index in [9.17, 15) is 24.3 Å². The lowest BCUT2D eigenvalue weighted by Crippen LogP contribution is -2.42. The minimum atomic E-state index is -0.967. The summed E-state index contributed by atoms with van der Waals surface area (Å²) >= 11 is 0. The second-order valence-corrected chi connectivity index (χ2v) is 7.51. The summed E-state index contributed by atoms with van der Waals surface area (Å²) in [6.45, 7) is 1.73. The van der Waals surface area contributed by atoms with Gasteiger partial charge in [-0.25, -0.2) is 0 Å². The number of aliphatic carboxylic acids is 1. The molecule has 2 atom stereocenters.